The molecule has 0 radical (unpaired) electrons. The molecule has 0 aliphatic carbocycles. The van der Waals surface area contributed by atoms with E-state index in [1.54, 1.807) is 13.0 Å². The second kappa shape index (κ2) is 13.1. The number of carbonyl (C=O) groups excluding carboxylic acids is 3. The van der Waals surface area contributed by atoms with Gasteiger partial charge in [-0.05, 0) is 57.7 Å². The van der Waals surface area contributed by atoms with Gasteiger partial charge in [0.25, 0.3) is 5.91 Å². The van der Waals surface area contributed by atoms with Gasteiger partial charge in [0.05, 0.1) is 30.0 Å². The molecule has 2 aliphatic heterocycles. The molecule has 10 heteroatoms. The third-order valence-electron chi connectivity index (χ3n) is 6.91. The summed E-state index contributed by atoms with van der Waals surface area (Å²) in [6.07, 6.45) is 3.72. The lowest BCUT2D eigenvalue weighted by molar-refractivity contribution is -0.145. The number of methoxy groups -OCH3 is 1. The number of ketones is 1. The summed E-state index contributed by atoms with van der Waals surface area (Å²) in [5.74, 6) is 0.000251. The van der Waals surface area contributed by atoms with E-state index >= 15 is 0 Å². The van der Waals surface area contributed by atoms with Crippen molar-refractivity contribution in [3.8, 4) is 5.75 Å². The van der Waals surface area contributed by atoms with Gasteiger partial charge >= 0.3 is 5.97 Å². The number of benzene rings is 1. The minimum Gasteiger partial charge on any atom is -0.496 e. The number of nitrogens with two attached hydrogens (primary N) is 1. The van der Waals surface area contributed by atoms with Crippen LogP contribution in [0.25, 0.3) is 0 Å². The SMILES string of the molecule is CCOC(=O)CC(=O)CC(C1CCNCC1)N1CCC(NC(=O)c2cc(Cl)c(N)cc2OC)CC1. The van der Waals surface area contributed by atoms with Crippen LogP contribution in [-0.2, 0) is 14.3 Å². The number of carbonyl (C=O) groups is 3. The number of hydrogen-bond acceptors (Lipinski definition) is 8. The highest BCUT2D eigenvalue weighted by Crippen LogP contribution is 2.30. The largest absolute Gasteiger partial charge is 0.496 e. The zero-order valence-electron chi connectivity index (χ0n) is 20.6. The second-order valence-corrected chi connectivity index (χ2v) is 9.64. The number of anilines is 1. The topological polar surface area (TPSA) is 123 Å². The lowest BCUT2D eigenvalue weighted by atomic mass is 9.84. The summed E-state index contributed by atoms with van der Waals surface area (Å²) < 4.78 is 10.3. The van der Waals surface area contributed by atoms with Crippen LogP contribution in [0.4, 0.5) is 5.69 Å². The Kier molecular flexibility index (Phi) is 10.2. The molecule has 2 saturated heterocycles. The first-order valence-corrected chi connectivity index (χ1v) is 12.8. The molecular formula is C25H37ClN4O5. The van der Waals surface area contributed by atoms with Crippen LogP contribution in [0.5, 0.6) is 5.75 Å². The molecule has 3 rings (SSSR count). The maximum absolute atomic E-state index is 12.9. The van der Waals surface area contributed by atoms with Crippen LogP contribution in [0.15, 0.2) is 12.1 Å². The Labute approximate surface area is 212 Å². The van der Waals surface area contributed by atoms with Gasteiger partial charge in [0.15, 0.2) is 0 Å². The Hall–Kier alpha value is -2.36. The van der Waals surface area contributed by atoms with Gasteiger partial charge in [-0.25, -0.2) is 0 Å². The lowest BCUT2D eigenvalue weighted by Crippen LogP contribution is -2.52. The Bertz CT molecular complexity index is 898. The minimum atomic E-state index is -0.457. The second-order valence-electron chi connectivity index (χ2n) is 9.24. The fourth-order valence-electron chi connectivity index (χ4n) is 5.06. The molecule has 35 heavy (non-hydrogen) atoms. The molecule has 2 fully saturated rings. The van der Waals surface area contributed by atoms with Gasteiger partial charge in [-0.1, -0.05) is 11.6 Å². The van der Waals surface area contributed by atoms with Crippen molar-refractivity contribution in [3.05, 3.63) is 22.7 Å². The van der Waals surface area contributed by atoms with Crippen molar-refractivity contribution in [3.63, 3.8) is 0 Å². The fraction of sp³-hybridized carbons (Fsp3) is 0.640. The van der Waals surface area contributed by atoms with E-state index < -0.39 is 5.97 Å². The molecule has 2 aliphatic rings. The van der Waals surface area contributed by atoms with E-state index in [-0.39, 0.29) is 36.8 Å². The number of nitrogen functional groups attached to an aromatic ring is 1. The molecule has 0 spiro atoms. The molecule has 9 nitrogen and oxygen atoms in total. The van der Waals surface area contributed by atoms with Crippen molar-refractivity contribution in [2.24, 2.45) is 5.92 Å². The van der Waals surface area contributed by atoms with Crippen LogP contribution in [0.3, 0.4) is 0 Å². The molecule has 2 heterocycles. The zero-order chi connectivity index (χ0) is 25.4. The number of halogens is 1. The molecule has 1 aromatic rings. The standard InChI is InChI=1S/C25H37ClN4O5/c1-3-35-24(32)13-18(31)12-22(16-4-8-28-9-5-16)30-10-6-17(7-11-30)29-25(33)19-14-20(26)21(27)15-23(19)34-2/h14-17,22,28H,3-13,27H2,1-2H3,(H,29,33). The van der Waals surface area contributed by atoms with Crippen molar-refractivity contribution < 1.29 is 23.9 Å². The summed E-state index contributed by atoms with van der Waals surface area (Å²) in [5.41, 5.74) is 6.54. The number of piperidine rings is 2. The average Bonchev–Trinajstić information content (AvgIpc) is 2.85. The molecule has 1 amide bonds. The number of amides is 1. The van der Waals surface area contributed by atoms with E-state index in [0.717, 1.165) is 51.9 Å². The molecule has 1 unspecified atom stereocenters. The summed E-state index contributed by atoms with van der Waals surface area (Å²) in [7, 11) is 1.49. The third-order valence-corrected chi connectivity index (χ3v) is 7.24. The highest BCUT2D eigenvalue weighted by atomic mass is 35.5. The normalized spacial score (nSPS) is 18.6. The lowest BCUT2D eigenvalue weighted by Gasteiger charge is -2.42. The Morgan fingerprint density at radius 2 is 1.89 bits per heavy atom. The van der Waals surface area contributed by atoms with E-state index in [1.807, 2.05) is 0 Å². The number of esters is 1. The molecule has 194 valence electrons. The third kappa shape index (κ3) is 7.56. The first kappa shape index (κ1) is 27.2. The molecule has 0 bridgehead atoms. The minimum absolute atomic E-state index is 0.00342. The van der Waals surface area contributed by atoms with Gasteiger partial charge in [-0.3, -0.25) is 19.3 Å². The Morgan fingerprint density at radius 1 is 1.20 bits per heavy atom. The van der Waals surface area contributed by atoms with Crippen LogP contribution >= 0.6 is 11.6 Å². The Morgan fingerprint density at radius 3 is 2.51 bits per heavy atom. The molecule has 0 saturated carbocycles. The average molecular weight is 509 g/mol. The highest BCUT2D eigenvalue weighted by molar-refractivity contribution is 6.33. The monoisotopic (exact) mass is 508 g/mol. The number of Topliss-reactive ketones (excluding diaryl/α,β-unsaturated/α-hetero) is 1. The van der Waals surface area contributed by atoms with E-state index in [9.17, 15) is 14.4 Å². The number of likely N-dealkylation sites (tertiary alicyclic amines) is 1. The molecule has 1 atom stereocenters. The van der Waals surface area contributed by atoms with Gasteiger partial charge in [-0.15, -0.1) is 0 Å². The van der Waals surface area contributed by atoms with Crippen molar-refractivity contribution in [1.29, 1.82) is 0 Å². The number of hydrogen-bond donors (Lipinski definition) is 3. The van der Waals surface area contributed by atoms with E-state index in [2.05, 4.69) is 15.5 Å². The molecular weight excluding hydrogens is 472 g/mol. The molecule has 0 aromatic heterocycles. The predicted molar refractivity (Wildman–Crippen MR) is 135 cm³/mol. The van der Waals surface area contributed by atoms with Crippen LogP contribution in [0.2, 0.25) is 5.02 Å². The van der Waals surface area contributed by atoms with Gasteiger partial charge in [0.2, 0.25) is 0 Å². The molecule has 4 N–H and O–H groups in total. The number of nitrogens with one attached hydrogen (secondary N) is 2. The highest BCUT2D eigenvalue weighted by Gasteiger charge is 2.34. The summed E-state index contributed by atoms with van der Waals surface area (Å²) in [5, 5.41) is 6.78. The Balaban J connectivity index is 1.60. The van der Waals surface area contributed by atoms with Gasteiger partial charge in [0, 0.05) is 37.7 Å². The predicted octanol–water partition coefficient (Wildman–Crippen LogP) is 2.41. The van der Waals surface area contributed by atoms with E-state index in [1.165, 1.54) is 13.2 Å². The summed E-state index contributed by atoms with van der Waals surface area (Å²) >= 11 is 6.12. The van der Waals surface area contributed by atoms with Gasteiger partial charge < -0.3 is 25.8 Å². The smallest absolute Gasteiger partial charge is 0.313 e. The van der Waals surface area contributed by atoms with Gasteiger partial charge in [-0.2, -0.15) is 0 Å². The number of rotatable bonds is 10. The summed E-state index contributed by atoms with van der Waals surface area (Å²) in [4.78, 5) is 39.8. The van der Waals surface area contributed by atoms with E-state index in [0.29, 0.717) is 34.4 Å². The van der Waals surface area contributed by atoms with E-state index in [4.69, 9.17) is 26.8 Å². The molecule has 1 aromatic carbocycles. The summed E-state index contributed by atoms with van der Waals surface area (Å²) in [6, 6.07) is 3.18. The van der Waals surface area contributed by atoms with Crippen LogP contribution in [0, 0.1) is 5.92 Å². The first-order valence-electron chi connectivity index (χ1n) is 12.4. The van der Waals surface area contributed by atoms with Crippen molar-refractivity contribution in [2.45, 2.75) is 57.5 Å². The van der Waals surface area contributed by atoms with Crippen LogP contribution in [-0.4, -0.2) is 74.5 Å². The number of nitrogens with zero attached hydrogens (tertiary/aromatic N) is 1. The first-order chi connectivity index (χ1) is 16.8. The zero-order valence-corrected chi connectivity index (χ0v) is 21.4. The maximum atomic E-state index is 12.9. The van der Waals surface area contributed by atoms with Crippen molar-refractivity contribution >= 4 is 34.9 Å². The van der Waals surface area contributed by atoms with Crippen LogP contribution < -0.4 is 21.1 Å². The van der Waals surface area contributed by atoms with Crippen molar-refractivity contribution in [2.75, 3.05) is 45.6 Å². The quantitative estimate of drug-likeness (QED) is 0.250. The number of ether oxygens (including phenoxy) is 2. The van der Waals surface area contributed by atoms with Crippen LogP contribution in [0.1, 0.15) is 55.8 Å². The maximum Gasteiger partial charge on any atom is 0.313 e. The van der Waals surface area contributed by atoms with Crippen molar-refractivity contribution in [1.82, 2.24) is 15.5 Å². The summed E-state index contributed by atoms with van der Waals surface area (Å²) in [6.45, 7) is 5.42. The fourth-order valence-corrected chi connectivity index (χ4v) is 5.22. The van der Waals surface area contributed by atoms with Gasteiger partial charge in [0.1, 0.15) is 18.0 Å².